The second-order valence-corrected chi connectivity index (χ2v) is 8.86. The number of amides is 2. The minimum atomic E-state index is -1.03. The summed E-state index contributed by atoms with van der Waals surface area (Å²) in [6, 6.07) is 29.5. The van der Waals surface area contributed by atoms with Gasteiger partial charge < -0.3 is 15.7 Å². The summed E-state index contributed by atoms with van der Waals surface area (Å²) in [5.74, 6) is -1.88. The first-order valence-electron chi connectivity index (χ1n) is 12.5. The molecule has 2 amide bonds. The molecule has 0 radical (unpaired) electrons. The Bertz CT molecular complexity index is 1370. The monoisotopic (exact) mass is 507 g/mol. The van der Waals surface area contributed by atoms with Crippen LogP contribution in [0.25, 0.3) is 22.4 Å². The highest BCUT2D eigenvalue weighted by molar-refractivity contribution is 5.98. The third kappa shape index (κ3) is 7.36. The molecule has 7 nitrogen and oxygen atoms in total. The molecule has 0 aliphatic rings. The third-order valence-corrected chi connectivity index (χ3v) is 6.12. The summed E-state index contributed by atoms with van der Waals surface area (Å²) in [5.41, 5.74) is 5.27. The molecule has 4 rings (SSSR count). The lowest BCUT2D eigenvalue weighted by molar-refractivity contribution is -0.137. The summed E-state index contributed by atoms with van der Waals surface area (Å²) in [4.78, 5) is 41.3. The van der Waals surface area contributed by atoms with Crippen LogP contribution < -0.4 is 10.6 Å². The van der Waals surface area contributed by atoms with Crippen LogP contribution in [0.1, 0.15) is 28.8 Å². The van der Waals surface area contributed by atoms with E-state index >= 15 is 0 Å². The van der Waals surface area contributed by atoms with Crippen molar-refractivity contribution in [2.24, 2.45) is 0 Å². The Morgan fingerprint density at radius 3 is 2.21 bits per heavy atom. The number of benzene rings is 3. The number of rotatable bonds is 11. The van der Waals surface area contributed by atoms with Gasteiger partial charge >= 0.3 is 5.97 Å². The van der Waals surface area contributed by atoms with Gasteiger partial charge in [-0.3, -0.25) is 19.4 Å². The average Bonchev–Trinajstić information content (AvgIpc) is 2.96. The summed E-state index contributed by atoms with van der Waals surface area (Å²) in [6.07, 6.45) is 2.07. The van der Waals surface area contributed by atoms with Crippen molar-refractivity contribution in [2.45, 2.75) is 25.3 Å². The zero-order chi connectivity index (χ0) is 26.7. The molecular formula is C31H29N3O4. The van der Waals surface area contributed by atoms with Gasteiger partial charge in [-0.15, -0.1) is 0 Å². The summed E-state index contributed by atoms with van der Waals surface area (Å²) < 4.78 is 0. The van der Waals surface area contributed by atoms with Crippen molar-refractivity contribution < 1.29 is 19.5 Å². The highest BCUT2D eigenvalue weighted by Crippen LogP contribution is 2.20. The second-order valence-electron chi connectivity index (χ2n) is 8.86. The Morgan fingerprint density at radius 2 is 1.50 bits per heavy atom. The normalized spacial score (nSPS) is 11.4. The molecular weight excluding hydrogens is 478 g/mol. The van der Waals surface area contributed by atoms with Crippen molar-refractivity contribution in [1.29, 1.82) is 0 Å². The van der Waals surface area contributed by atoms with Gasteiger partial charge in [0.1, 0.15) is 6.04 Å². The van der Waals surface area contributed by atoms with Crippen molar-refractivity contribution in [1.82, 2.24) is 15.6 Å². The molecule has 4 aromatic rings. The quantitative estimate of drug-likeness (QED) is 0.272. The number of aromatic nitrogens is 1. The van der Waals surface area contributed by atoms with Gasteiger partial charge in [-0.1, -0.05) is 66.7 Å². The van der Waals surface area contributed by atoms with Crippen LogP contribution in [0.15, 0.2) is 103 Å². The van der Waals surface area contributed by atoms with Gasteiger partial charge in [0.2, 0.25) is 5.91 Å². The predicted molar refractivity (Wildman–Crippen MR) is 146 cm³/mol. The fourth-order valence-corrected chi connectivity index (χ4v) is 4.10. The van der Waals surface area contributed by atoms with E-state index in [9.17, 15) is 14.4 Å². The van der Waals surface area contributed by atoms with Gasteiger partial charge in [0, 0.05) is 30.3 Å². The van der Waals surface area contributed by atoms with Crippen molar-refractivity contribution in [3.05, 3.63) is 114 Å². The lowest BCUT2D eigenvalue weighted by atomic mass is 10.0. The second kappa shape index (κ2) is 13.0. The van der Waals surface area contributed by atoms with E-state index in [0.29, 0.717) is 18.5 Å². The maximum Gasteiger partial charge on any atom is 0.303 e. The zero-order valence-corrected chi connectivity index (χ0v) is 20.8. The van der Waals surface area contributed by atoms with E-state index in [0.717, 1.165) is 27.9 Å². The first-order chi connectivity index (χ1) is 18.5. The summed E-state index contributed by atoms with van der Waals surface area (Å²) in [6.45, 7) is 0.343. The van der Waals surface area contributed by atoms with Crippen LogP contribution in [-0.2, 0) is 16.0 Å². The third-order valence-electron chi connectivity index (χ3n) is 6.12. The maximum atomic E-state index is 12.9. The average molecular weight is 508 g/mol. The summed E-state index contributed by atoms with van der Waals surface area (Å²) in [5, 5.41) is 14.7. The fourth-order valence-electron chi connectivity index (χ4n) is 4.10. The minimum Gasteiger partial charge on any atom is -0.481 e. The Morgan fingerprint density at radius 1 is 0.789 bits per heavy atom. The van der Waals surface area contributed by atoms with Crippen molar-refractivity contribution in [3.63, 3.8) is 0 Å². The number of hydrogen-bond donors (Lipinski definition) is 3. The molecule has 0 saturated carbocycles. The van der Waals surface area contributed by atoms with Gasteiger partial charge in [0.15, 0.2) is 0 Å². The Balaban J connectivity index is 1.36. The number of carboxylic acids is 1. The van der Waals surface area contributed by atoms with E-state index in [1.54, 1.807) is 18.3 Å². The van der Waals surface area contributed by atoms with E-state index in [1.807, 2.05) is 84.9 Å². The molecule has 0 aliphatic carbocycles. The predicted octanol–water partition coefficient (Wildman–Crippen LogP) is 4.74. The first kappa shape index (κ1) is 26.3. The molecule has 0 aliphatic heterocycles. The van der Waals surface area contributed by atoms with Crippen LogP contribution in [0.5, 0.6) is 0 Å². The number of carbonyl (C=O) groups is 3. The molecule has 1 atom stereocenters. The Hall–Kier alpha value is -4.78. The molecule has 0 spiro atoms. The molecule has 1 aromatic heterocycles. The van der Waals surface area contributed by atoms with E-state index in [1.165, 1.54) is 0 Å². The van der Waals surface area contributed by atoms with Gasteiger partial charge in [0.25, 0.3) is 5.91 Å². The van der Waals surface area contributed by atoms with Crippen molar-refractivity contribution in [3.8, 4) is 22.4 Å². The van der Waals surface area contributed by atoms with E-state index in [4.69, 9.17) is 5.11 Å². The summed E-state index contributed by atoms with van der Waals surface area (Å²) >= 11 is 0. The molecule has 3 N–H and O–H groups in total. The topological polar surface area (TPSA) is 108 Å². The molecule has 0 unspecified atom stereocenters. The number of aliphatic carboxylic acids is 1. The van der Waals surface area contributed by atoms with Crippen LogP contribution in [0.2, 0.25) is 0 Å². The summed E-state index contributed by atoms with van der Waals surface area (Å²) in [7, 11) is 0. The number of nitrogens with one attached hydrogen (secondary N) is 2. The number of pyridine rings is 1. The minimum absolute atomic E-state index is 0.00975. The highest BCUT2D eigenvalue weighted by atomic mass is 16.4. The molecule has 3 aromatic carbocycles. The van der Waals surface area contributed by atoms with Gasteiger partial charge in [-0.05, 0) is 59.9 Å². The Labute approximate surface area is 221 Å². The van der Waals surface area contributed by atoms with Gasteiger partial charge in [-0.25, -0.2) is 0 Å². The lowest BCUT2D eigenvalue weighted by Gasteiger charge is -2.18. The number of carboxylic acid groups (broad SMARTS) is 1. The van der Waals surface area contributed by atoms with E-state index in [-0.39, 0.29) is 12.8 Å². The molecule has 1 heterocycles. The smallest absolute Gasteiger partial charge is 0.303 e. The highest BCUT2D eigenvalue weighted by Gasteiger charge is 2.22. The van der Waals surface area contributed by atoms with Crippen LogP contribution in [0.3, 0.4) is 0 Å². The van der Waals surface area contributed by atoms with Crippen molar-refractivity contribution in [2.75, 3.05) is 6.54 Å². The van der Waals surface area contributed by atoms with Gasteiger partial charge in [0.05, 0.1) is 5.69 Å². The number of hydrogen-bond acceptors (Lipinski definition) is 4. The van der Waals surface area contributed by atoms with Crippen molar-refractivity contribution >= 4 is 17.8 Å². The molecule has 0 bridgehead atoms. The zero-order valence-electron chi connectivity index (χ0n) is 20.8. The molecule has 192 valence electrons. The Kier molecular flexibility index (Phi) is 8.97. The SMILES string of the molecule is O=C(O)CC[C@H](NC(=O)c1ccc(-c2ccccc2)cc1)C(=O)NCCc1cccc(-c2ccccn2)c1. The fraction of sp³-hybridized carbons (Fsp3) is 0.161. The van der Waals surface area contributed by atoms with Gasteiger partial charge in [-0.2, -0.15) is 0 Å². The molecule has 0 saturated heterocycles. The molecule has 0 fully saturated rings. The van der Waals surface area contributed by atoms with Crippen LogP contribution >= 0.6 is 0 Å². The lowest BCUT2D eigenvalue weighted by Crippen LogP contribution is -2.47. The maximum absolute atomic E-state index is 12.9. The molecule has 38 heavy (non-hydrogen) atoms. The largest absolute Gasteiger partial charge is 0.481 e. The standard InChI is InChI=1S/C31H29N3O4/c35-29(36)17-16-28(34-30(37)25-14-12-24(13-15-25)23-8-2-1-3-9-23)31(38)33-20-18-22-7-6-10-26(21-22)27-11-4-5-19-32-27/h1-15,19,21,28H,16-18,20H2,(H,33,38)(H,34,37)(H,35,36)/t28-/m0/s1. The van der Waals surface area contributed by atoms with E-state index in [2.05, 4.69) is 15.6 Å². The number of nitrogens with zero attached hydrogens (tertiary/aromatic N) is 1. The first-order valence-corrected chi connectivity index (χ1v) is 12.5. The van der Waals surface area contributed by atoms with Crippen LogP contribution in [-0.4, -0.2) is 40.5 Å². The van der Waals surface area contributed by atoms with E-state index < -0.39 is 23.8 Å². The number of carbonyl (C=O) groups excluding carboxylic acids is 2. The van der Waals surface area contributed by atoms with Crippen LogP contribution in [0.4, 0.5) is 0 Å². The van der Waals surface area contributed by atoms with Crippen LogP contribution in [0, 0.1) is 0 Å². The molecule has 7 heteroatoms.